The summed E-state index contributed by atoms with van der Waals surface area (Å²) in [6, 6.07) is 0.618. The molecule has 108 valence electrons. The fraction of sp³-hybridized carbons (Fsp3) is 0.857. The average Bonchev–Trinajstić information content (AvgIpc) is 2.41. The molecule has 0 N–H and O–H groups in total. The van der Waals surface area contributed by atoms with Crippen molar-refractivity contribution in [2.24, 2.45) is 0 Å². The van der Waals surface area contributed by atoms with Gasteiger partial charge in [-0.2, -0.15) is 0 Å². The smallest absolute Gasteiger partial charge is 0.248 e. The number of hydrogen-bond acceptors (Lipinski definition) is 4. The number of rotatable bonds is 3. The molecular formula is C14H26N4O. The summed E-state index contributed by atoms with van der Waals surface area (Å²) < 4.78 is 0. The molecule has 2 fully saturated rings. The molecule has 0 aromatic rings. The van der Waals surface area contributed by atoms with Crippen molar-refractivity contribution in [3.05, 3.63) is 6.54 Å². The highest BCUT2D eigenvalue weighted by molar-refractivity contribution is 5.84. The van der Waals surface area contributed by atoms with Crippen molar-refractivity contribution in [2.45, 2.75) is 18.9 Å². The molecule has 2 rings (SSSR count). The van der Waals surface area contributed by atoms with E-state index in [0.717, 1.165) is 52.1 Å². The molecule has 0 aliphatic carbocycles. The van der Waals surface area contributed by atoms with Crippen LogP contribution in [0.3, 0.4) is 0 Å². The first-order valence-electron chi connectivity index (χ1n) is 7.22. The zero-order valence-electron chi connectivity index (χ0n) is 12.4. The second-order valence-corrected chi connectivity index (χ2v) is 5.89. The van der Waals surface area contributed by atoms with E-state index in [0.29, 0.717) is 6.04 Å². The summed E-state index contributed by atoms with van der Waals surface area (Å²) in [7, 11) is 6.35. The minimum atomic E-state index is 0.0711. The Bertz CT molecular complexity index is 292. The van der Waals surface area contributed by atoms with E-state index < -0.39 is 0 Å². The molecule has 2 aliphatic heterocycles. The third-order valence-electron chi connectivity index (χ3n) is 4.24. The quantitative estimate of drug-likeness (QED) is 0.709. The minimum absolute atomic E-state index is 0.0711. The Kier molecular flexibility index (Phi) is 5.19. The zero-order chi connectivity index (χ0) is 13.8. The summed E-state index contributed by atoms with van der Waals surface area (Å²) in [5, 5.41) is 0. The maximum atomic E-state index is 12.2. The van der Waals surface area contributed by atoms with E-state index in [9.17, 15) is 4.79 Å². The van der Waals surface area contributed by atoms with Crippen molar-refractivity contribution in [1.82, 2.24) is 19.6 Å². The molecule has 19 heavy (non-hydrogen) atoms. The number of carbonyl (C=O) groups excluding carboxylic acids is 1. The molecule has 0 unspecified atom stereocenters. The van der Waals surface area contributed by atoms with E-state index in [1.807, 2.05) is 9.80 Å². The van der Waals surface area contributed by atoms with E-state index in [1.54, 1.807) is 0 Å². The van der Waals surface area contributed by atoms with Crippen LogP contribution in [0.2, 0.25) is 0 Å². The van der Waals surface area contributed by atoms with Crippen LogP contribution in [0.15, 0.2) is 0 Å². The van der Waals surface area contributed by atoms with Crippen molar-refractivity contribution < 1.29 is 4.79 Å². The van der Waals surface area contributed by atoms with Gasteiger partial charge in [0.05, 0.1) is 0 Å². The molecule has 2 saturated heterocycles. The Labute approximate surface area is 117 Å². The van der Waals surface area contributed by atoms with Gasteiger partial charge < -0.3 is 14.7 Å². The number of piperidine rings is 1. The van der Waals surface area contributed by atoms with Gasteiger partial charge in [-0.05, 0) is 34.0 Å². The van der Waals surface area contributed by atoms with Crippen LogP contribution in [0.1, 0.15) is 12.8 Å². The number of likely N-dealkylation sites (N-methyl/N-ethyl adjacent to an activating group) is 1. The van der Waals surface area contributed by atoms with Gasteiger partial charge in [0.15, 0.2) is 6.54 Å². The predicted molar refractivity (Wildman–Crippen MR) is 75.6 cm³/mol. The number of piperazine rings is 1. The van der Waals surface area contributed by atoms with Crippen molar-refractivity contribution in [3.8, 4) is 0 Å². The Hall–Kier alpha value is -0.650. The van der Waals surface area contributed by atoms with Gasteiger partial charge in [-0.3, -0.25) is 9.69 Å². The van der Waals surface area contributed by atoms with Gasteiger partial charge in [-0.25, -0.2) is 0 Å². The highest BCUT2D eigenvalue weighted by atomic mass is 16.2. The minimum Gasteiger partial charge on any atom is -0.341 e. The van der Waals surface area contributed by atoms with Crippen LogP contribution in [-0.2, 0) is 4.79 Å². The summed E-state index contributed by atoms with van der Waals surface area (Å²) in [6.07, 6.45) is 2.15. The lowest BCUT2D eigenvalue weighted by Gasteiger charge is -2.37. The first-order valence-corrected chi connectivity index (χ1v) is 7.22. The molecule has 2 aliphatic rings. The van der Waals surface area contributed by atoms with E-state index in [2.05, 4.69) is 37.5 Å². The van der Waals surface area contributed by atoms with E-state index in [1.165, 1.54) is 0 Å². The first kappa shape index (κ1) is 14.8. The molecule has 0 bridgehead atoms. The van der Waals surface area contributed by atoms with Crippen molar-refractivity contribution >= 4 is 5.91 Å². The molecule has 0 aromatic heterocycles. The number of amides is 1. The third-order valence-corrected chi connectivity index (χ3v) is 4.24. The number of carbonyl (C=O) groups is 1. The highest BCUT2D eigenvalue weighted by Crippen LogP contribution is 2.15. The monoisotopic (exact) mass is 266 g/mol. The van der Waals surface area contributed by atoms with Crippen LogP contribution in [-0.4, -0.2) is 92.0 Å². The lowest BCUT2D eigenvalue weighted by Crippen LogP contribution is -2.49. The molecule has 0 atom stereocenters. The number of nitrogens with zero attached hydrogens (tertiary/aromatic N) is 4. The van der Waals surface area contributed by atoms with Crippen LogP contribution in [0.25, 0.3) is 0 Å². The highest BCUT2D eigenvalue weighted by Gasteiger charge is 2.26. The molecule has 2 radical (unpaired) electrons. The van der Waals surface area contributed by atoms with Gasteiger partial charge in [-0.1, -0.05) is 0 Å². The molecular weight excluding hydrogens is 240 g/mol. The fourth-order valence-electron chi connectivity index (χ4n) is 2.71. The zero-order valence-corrected chi connectivity index (χ0v) is 12.4. The maximum absolute atomic E-state index is 12.2. The largest absolute Gasteiger partial charge is 0.341 e. The molecule has 0 aromatic carbocycles. The predicted octanol–water partition coefficient (Wildman–Crippen LogP) is -0.175. The summed E-state index contributed by atoms with van der Waals surface area (Å²) in [5.74, 6) is 0.0711. The second kappa shape index (κ2) is 6.68. The van der Waals surface area contributed by atoms with Crippen LogP contribution in [0, 0.1) is 6.54 Å². The Morgan fingerprint density at radius 2 is 1.63 bits per heavy atom. The van der Waals surface area contributed by atoms with Gasteiger partial charge in [0.25, 0.3) is 0 Å². The Morgan fingerprint density at radius 3 is 2.16 bits per heavy atom. The molecule has 2 heterocycles. The summed E-state index contributed by atoms with van der Waals surface area (Å²) in [4.78, 5) is 20.7. The van der Waals surface area contributed by atoms with Gasteiger partial charge in [-0.15, -0.1) is 0 Å². The number of likely N-dealkylation sites (tertiary alicyclic amines) is 1. The maximum Gasteiger partial charge on any atom is 0.248 e. The van der Waals surface area contributed by atoms with Crippen LogP contribution in [0.4, 0.5) is 0 Å². The van der Waals surface area contributed by atoms with E-state index in [-0.39, 0.29) is 5.91 Å². The fourth-order valence-corrected chi connectivity index (χ4v) is 2.71. The normalized spacial score (nSPS) is 24.1. The molecule has 1 amide bonds. The SMILES string of the molecule is CN1CCN([C]C(=O)N2CCC(N(C)C)CC2)CC1. The topological polar surface area (TPSA) is 30.0 Å². The van der Waals surface area contributed by atoms with E-state index >= 15 is 0 Å². The molecule has 5 nitrogen and oxygen atoms in total. The lowest BCUT2D eigenvalue weighted by atomic mass is 10.0. The van der Waals surface area contributed by atoms with Crippen molar-refractivity contribution in [1.29, 1.82) is 0 Å². The molecule has 0 spiro atoms. The summed E-state index contributed by atoms with van der Waals surface area (Å²) >= 11 is 0. The molecule has 5 heteroatoms. The second-order valence-electron chi connectivity index (χ2n) is 5.89. The van der Waals surface area contributed by atoms with Gasteiger partial charge in [0, 0.05) is 45.3 Å². The van der Waals surface area contributed by atoms with Crippen LogP contribution in [0.5, 0.6) is 0 Å². The average molecular weight is 266 g/mol. The summed E-state index contributed by atoms with van der Waals surface area (Å²) in [6.45, 7) is 8.62. The number of hydrogen-bond donors (Lipinski definition) is 0. The van der Waals surface area contributed by atoms with Gasteiger partial charge in [0.1, 0.15) is 0 Å². The van der Waals surface area contributed by atoms with Crippen molar-refractivity contribution in [2.75, 3.05) is 60.4 Å². The van der Waals surface area contributed by atoms with Crippen LogP contribution < -0.4 is 0 Å². The molecule has 0 saturated carbocycles. The van der Waals surface area contributed by atoms with Crippen LogP contribution >= 0.6 is 0 Å². The van der Waals surface area contributed by atoms with Gasteiger partial charge in [0.2, 0.25) is 5.91 Å². The Balaban J connectivity index is 1.72. The van der Waals surface area contributed by atoms with E-state index in [4.69, 9.17) is 0 Å². The van der Waals surface area contributed by atoms with Gasteiger partial charge >= 0.3 is 0 Å². The standard InChI is InChI=1S/C14H26N4O/c1-15(2)13-4-6-18(7-5-13)14(19)12-17-10-8-16(3)9-11-17/h13H,4-11H2,1-3H3. The third kappa shape index (κ3) is 4.16. The first-order chi connectivity index (χ1) is 9.06. The van der Waals surface area contributed by atoms with Crippen molar-refractivity contribution in [3.63, 3.8) is 0 Å². The lowest BCUT2D eigenvalue weighted by molar-refractivity contribution is -0.131. The Morgan fingerprint density at radius 1 is 1.05 bits per heavy atom. The summed E-state index contributed by atoms with van der Waals surface area (Å²) in [5.41, 5.74) is 0.